The van der Waals surface area contributed by atoms with Gasteiger partial charge >= 0.3 is 0 Å². The summed E-state index contributed by atoms with van der Waals surface area (Å²) >= 11 is 5.93. The molecule has 0 unspecified atom stereocenters. The van der Waals surface area contributed by atoms with Crippen molar-refractivity contribution in [2.75, 3.05) is 0 Å². The van der Waals surface area contributed by atoms with Crippen LogP contribution in [-0.2, 0) is 6.54 Å². The van der Waals surface area contributed by atoms with E-state index in [1.54, 1.807) is 0 Å². The number of benzene rings is 1. The van der Waals surface area contributed by atoms with E-state index in [0.29, 0.717) is 0 Å². The van der Waals surface area contributed by atoms with Gasteiger partial charge < -0.3 is 5.32 Å². The van der Waals surface area contributed by atoms with Crippen LogP contribution in [0, 0.1) is 0 Å². The second-order valence-corrected chi connectivity index (χ2v) is 5.05. The molecule has 0 radical (unpaired) electrons. The van der Waals surface area contributed by atoms with Crippen LogP contribution >= 0.6 is 11.6 Å². The molecule has 1 nitrogen and oxygen atoms in total. The zero-order chi connectivity index (χ0) is 11.3. The van der Waals surface area contributed by atoms with Crippen molar-refractivity contribution in [3.8, 4) is 0 Å². The van der Waals surface area contributed by atoms with Crippen LogP contribution in [0.5, 0.6) is 0 Å². The van der Waals surface area contributed by atoms with Crippen LogP contribution in [0.1, 0.15) is 39.2 Å². The van der Waals surface area contributed by atoms with Crippen molar-refractivity contribution in [1.82, 2.24) is 5.32 Å². The van der Waals surface area contributed by atoms with E-state index in [0.717, 1.165) is 11.6 Å². The van der Waals surface area contributed by atoms with E-state index in [4.69, 9.17) is 11.6 Å². The molecule has 15 heavy (non-hydrogen) atoms. The second kappa shape index (κ2) is 5.53. The maximum absolute atomic E-state index is 5.93. The molecule has 0 aliphatic rings. The van der Waals surface area contributed by atoms with Crippen molar-refractivity contribution < 1.29 is 0 Å². The molecule has 1 rings (SSSR count). The molecular weight excluding hydrogens is 206 g/mol. The van der Waals surface area contributed by atoms with E-state index in [9.17, 15) is 0 Å². The lowest BCUT2D eigenvalue weighted by atomic mass is 9.98. The van der Waals surface area contributed by atoms with Crippen molar-refractivity contribution >= 4 is 11.6 Å². The van der Waals surface area contributed by atoms with Crippen LogP contribution in [0.25, 0.3) is 0 Å². The molecule has 0 atom stereocenters. The van der Waals surface area contributed by atoms with Gasteiger partial charge in [-0.05, 0) is 38.0 Å². The van der Waals surface area contributed by atoms with Crippen molar-refractivity contribution in [3.63, 3.8) is 0 Å². The van der Waals surface area contributed by atoms with E-state index in [1.807, 2.05) is 18.2 Å². The molecule has 0 saturated heterocycles. The molecular formula is C13H20ClN. The van der Waals surface area contributed by atoms with E-state index >= 15 is 0 Å². The Kier molecular flexibility index (Phi) is 4.62. The molecule has 0 amide bonds. The third-order valence-electron chi connectivity index (χ3n) is 2.54. The van der Waals surface area contributed by atoms with E-state index < -0.39 is 0 Å². The SMILES string of the molecule is CCCC(C)(C)NCc1cccc(Cl)c1. The number of hydrogen-bond donors (Lipinski definition) is 1. The smallest absolute Gasteiger partial charge is 0.0409 e. The van der Waals surface area contributed by atoms with Gasteiger partial charge in [-0.15, -0.1) is 0 Å². The lowest BCUT2D eigenvalue weighted by molar-refractivity contribution is 0.357. The summed E-state index contributed by atoms with van der Waals surface area (Å²) < 4.78 is 0. The number of halogens is 1. The van der Waals surface area contributed by atoms with Gasteiger partial charge in [0.15, 0.2) is 0 Å². The van der Waals surface area contributed by atoms with Gasteiger partial charge in [0.2, 0.25) is 0 Å². The number of rotatable bonds is 5. The molecule has 1 aromatic carbocycles. The molecule has 0 aliphatic heterocycles. The van der Waals surface area contributed by atoms with Crippen molar-refractivity contribution in [2.45, 2.75) is 45.7 Å². The fourth-order valence-corrected chi connectivity index (χ4v) is 1.91. The molecule has 1 N–H and O–H groups in total. The Balaban J connectivity index is 2.49. The molecule has 0 heterocycles. The molecule has 0 saturated carbocycles. The van der Waals surface area contributed by atoms with Crippen LogP contribution in [0.15, 0.2) is 24.3 Å². The lowest BCUT2D eigenvalue weighted by Crippen LogP contribution is -2.38. The van der Waals surface area contributed by atoms with Gasteiger partial charge in [-0.3, -0.25) is 0 Å². The number of hydrogen-bond acceptors (Lipinski definition) is 1. The first-order valence-corrected chi connectivity index (χ1v) is 5.91. The summed E-state index contributed by atoms with van der Waals surface area (Å²) in [6.45, 7) is 7.57. The molecule has 0 bridgehead atoms. The highest BCUT2D eigenvalue weighted by atomic mass is 35.5. The summed E-state index contributed by atoms with van der Waals surface area (Å²) in [5.74, 6) is 0. The standard InChI is InChI=1S/C13H20ClN/c1-4-8-13(2,3)15-10-11-6-5-7-12(14)9-11/h5-7,9,15H,4,8,10H2,1-3H3. The topological polar surface area (TPSA) is 12.0 Å². The largest absolute Gasteiger partial charge is 0.308 e. The predicted molar refractivity (Wildman–Crippen MR) is 67.3 cm³/mol. The quantitative estimate of drug-likeness (QED) is 0.799. The molecule has 0 aliphatic carbocycles. The fourth-order valence-electron chi connectivity index (χ4n) is 1.70. The maximum Gasteiger partial charge on any atom is 0.0409 e. The highest BCUT2D eigenvalue weighted by molar-refractivity contribution is 6.30. The molecule has 2 heteroatoms. The predicted octanol–water partition coefficient (Wildman–Crippen LogP) is 4.01. The zero-order valence-corrected chi connectivity index (χ0v) is 10.6. The average molecular weight is 226 g/mol. The summed E-state index contributed by atoms with van der Waals surface area (Å²) in [5.41, 5.74) is 1.45. The Morgan fingerprint density at radius 1 is 1.33 bits per heavy atom. The minimum atomic E-state index is 0.205. The van der Waals surface area contributed by atoms with E-state index in [2.05, 4.69) is 32.2 Å². The van der Waals surface area contributed by atoms with Crippen LogP contribution < -0.4 is 5.32 Å². The van der Waals surface area contributed by atoms with Gasteiger partial charge in [-0.25, -0.2) is 0 Å². The minimum absolute atomic E-state index is 0.205. The number of nitrogens with one attached hydrogen (secondary N) is 1. The first-order chi connectivity index (χ1) is 7.03. The summed E-state index contributed by atoms with van der Waals surface area (Å²) in [4.78, 5) is 0. The fraction of sp³-hybridized carbons (Fsp3) is 0.538. The van der Waals surface area contributed by atoms with Crippen LogP contribution in [-0.4, -0.2) is 5.54 Å². The zero-order valence-electron chi connectivity index (χ0n) is 9.81. The Labute approximate surface area is 97.8 Å². The van der Waals surface area contributed by atoms with Gasteiger partial charge in [0.05, 0.1) is 0 Å². The van der Waals surface area contributed by atoms with Crippen LogP contribution in [0.4, 0.5) is 0 Å². The van der Waals surface area contributed by atoms with Crippen molar-refractivity contribution in [3.05, 3.63) is 34.9 Å². The summed E-state index contributed by atoms with van der Waals surface area (Å²) in [5, 5.41) is 4.35. The third-order valence-corrected chi connectivity index (χ3v) is 2.77. The highest BCUT2D eigenvalue weighted by Gasteiger charge is 2.14. The first kappa shape index (κ1) is 12.5. The van der Waals surface area contributed by atoms with Gasteiger partial charge in [0.1, 0.15) is 0 Å². The first-order valence-electron chi connectivity index (χ1n) is 5.53. The third kappa shape index (κ3) is 4.67. The maximum atomic E-state index is 5.93. The molecule has 1 aromatic rings. The van der Waals surface area contributed by atoms with Crippen molar-refractivity contribution in [1.29, 1.82) is 0 Å². The molecule has 0 spiro atoms. The van der Waals surface area contributed by atoms with Crippen LogP contribution in [0.3, 0.4) is 0 Å². The summed E-state index contributed by atoms with van der Waals surface area (Å²) in [7, 11) is 0. The monoisotopic (exact) mass is 225 g/mol. The Bertz CT molecular complexity index is 307. The van der Waals surface area contributed by atoms with Crippen LogP contribution in [0.2, 0.25) is 5.02 Å². The molecule has 0 aromatic heterocycles. The van der Waals surface area contributed by atoms with Crippen molar-refractivity contribution in [2.24, 2.45) is 0 Å². The Hall–Kier alpha value is -0.530. The van der Waals surface area contributed by atoms with E-state index in [-0.39, 0.29) is 5.54 Å². The molecule has 84 valence electrons. The van der Waals surface area contributed by atoms with Gasteiger partial charge in [0.25, 0.3) is 0 Å². The normalized spacial score (nSPS) is 11.7. The second-order valence-electron chi connectivity index (χ2n) is 4.62. The van der Waals surface area contributed by atoms with Gasteiger partial charge in [-0.1, -0.05) is 37.1 Å². The average Bonchev–Trinajstić information content (AvgIpc) is 2.15. The Morgan fingerprint density at radius 3 is 2.67 bits per heavy atom. The highest BCUT2D eigenvalue weighted by Crippen LogP contribution is 2.14. The lowest BCUT2D eigenvalue weighted by Gasteiger charge is -2.26. The minimum Gasteiger partial charge on any atom is -0.308 e. The van der Waals surface area contributed by atoms with E-state index in [1.165, 1.54) is 18.4 Å². The van der Waals surface area contributed by atoms with Gasteiger partial charge in [0, 0.05) is 17.1 Å². The Morgan fingerprint density at radius 2 is 2.07 bits per heavy atom. The summed E-state index contributed by atoms with van der Waals surface area (Å²) in [6, 6.07) is 8.01. The molecule has 0 fully saturated rings. The van der Waals surface area contributed by atoms with Gasteiger partial charge in [-0.2, -0.15) is 0 Å². The summed E-state index contributed by atoms with van der Waals surface area (Å²) in [6.07, 6.45) is 2.39.